The Morgan fingerprint density at radius 1 is 1.08 bits per heavy atom. The molecule has 0 aromatic carbocycles. The fourth-order valence-electron chi connectivity index (χ4n) is 4.73. The molecule has 3 N–H and O–H groups in total. The maximum Gasteiger partial charge on any atom is 0.224 e. The van der Waals surface area contributed by atoms with Gasteiger partial charge in [-0.15, -0.1) is 0 Å². The van der Waals surface area contributed by atoms with Crippen LogP contribution in [-0.4, -0.2) is 54.1 Å². The van der Waals surface area contributed by atoms with Crippen molar-refractivity contribution in [2.45, 2.75) is 39.0 Å². The molecule has 0 saturated carbocycles. The fraction of sp³-hybridized carbons (Fsp3) is 0.308. The molecule has 1 saturated heterocycles. The van der Waals surface area contributed by atoms with Gasteiger partial charge in [0.1, 0.15) is 11.2 Å². The molecule has 182 valence electrons. The second-order valence-corrected chi connectivity index (χ2v) is 9.12. The average molecular weight is 482 g/mol. The molecule has 0 spiro atoms. The Kier molecular flexibility index (Phi) is 5.76. The summed E-state index contributed by atoms with van der Waals surface area (Å²) in [7, 11) is 0. The summed E-state index contributed by atoms with van der Waals surface area (Å²) in [4.78, 5) is 36.2. The van der Waals surface area contributed by atoms with Crippen LogP contribution in [0.4, 0.5) is 11.5 Å². The highest BCUT2D eigenvalue weighted by atomic mass is 16.1. The first-order valence-electron chi connectivity index (χ1n) is 12.4. The molecule has 1 amide bonds. The number of H-pyrrole nitrogens is 2. The van der Waals surface area contributed by atoms with E-state index in [1.807, 2.05) is 31.3 Å². The predicted molar refractivity (Wildman–Crippen MR) is 140 cm³/mol. The van der Waals surface area contributed by atoms with Crippen molar-refractivity contribution in [2.75, 3.05) is 23.3 Å². The van der Waals surface area contributed by atoms with Crippen molar-refractivity contribution in [1.29, 1.82) is 0 Å². The summed E-state index contributed by atoms with van der Waals surface area (Å²) < 4.78 is 0. The third-order valence-electron chi connectivity index (χ3n) is 6.52. The van der Waals surface area contributed by atoms with Gasteiger partial charge in [0.15, 0.2) is 17.3 Å². The van der Waals surface area contributed by atoms with Gasteiger partial charge in [0.2, 0.25) is 5.91 Å². The van der Waals surface area contributed by atoms with Crippen LogP contribution in [0.2, 0.25) is 0 Å². The molecule has 0 aliphatic carbocycles. The van der Waals surface area contributed by atoms with E-state index in [1.165, 1.54) is 19.3 Å². The summed E-state index contributed by atoms with van der Waals surface area (Å²) in [6, 6.07) is 5.87. The Morgan fingerprint density at radius 3 is 2.81 bits per heavy atom. The number of carbonyl (C=O) groups excluding carboxylic acids is 1. The van der Waals surface area contributed by atoms with Crippen molar-refractivity contribution in [3.05, 3.63) is 43.0 Å². The summed E-state index contributed by atoms with van der Waals surface area (Å²) in [5, 5.41) is 11.3. The van der Waals surface area contributed by atoms with E-state index in [1.54, 1.807) is 18.6 Å². The molecule has 36 heavy (non-hydrogen) atoms. The number of rotatable bonds is 6. The maximum absolute atomic E-state index is 12.0. The van der Waals surface area contributed by atoms with Gasteiger partial charge in [-0.3, -0.25) is 14.9 Å². The van der Waals surface area contributed by atoms with Crippen LogP contribution in [0, 0.1) is 0 Å². The number of aromatic amines is 2. The van der Waals surface area contributed by atoms with Crippen molar-refractivity contribution in [2.24, 2.45) is 0 Å². The Bertz CT molecular complexity index is 1550. The van der Waals surface area contributed by atoms with Gasteiger partial charge in [0.25, 0.3) is 0 Å². The first-order valence-corrected chi connectivity index (χ1v) is 12.4. The monoisotopic (exact) mass is 481 g/mol. The summed E-state index contributed by atoms with van der Waals surface area (Å²) >= 11 is 0. The van der Waals surface area contributed by atoms with E-state index in [-0.39, 0.29) is 5.91 Å². The molecule has 6 heterocycles. The Balaban J connectivity index is 1.37. The lowest BCUT2D eigenvalue weighted by Crippen LogP contribution is -2.30. The number of nitrogens with zero attached hydrogens (tertiary/aromatic N) is 6. The number of piperidine rings is 1. The normalized spacial score (nSPS) is 14.0. The van der Waals surface area contributed by atoms with E-state index in [4.69, 9.17) is 4.98 Å². The third-order valence-corrected chi connectivity index (χ3v) is 6.52. The van der Waals surface area contributed by atoms with Crippen molar-refractivity contribution in [3.8, 4) is 22.6 Å². The Labute approximate surface area is 207 Å². The molecular formula is C26H27N9O. The van der Waals surface area contributed by atoms with Crippen LogP contribution in [0.15, 0.2) is 43.0 Å². The maximum atomic E-state index is 12.0. The summed E-state index contributed by atoms with van der Waals surface area (Å²) in [6.45, 7) is 3.98. The first kappa shape index (κ1) is 22.1. The number of imidazole rings is 1. The number of hydrogen-bond acceptors (Lipinski definition) is 7. The molecule has 1 aliphatic rings. The Hall–Kier alpha value is -4.34. The van der Waals surface area contributed by atoms with Crippen LogP contribution in [0.3, 0.4) is 0 Å². The molecule has 5 aromatic rings. The second-order valence-electron chi connectivity index (χ2n) is 9.12. The summed E-state index contributed by atoms with van der Waals surface area (Å²) in [5.74, 6) is 1.59. The minimum absolute atomic E-state index is 0.0227. The van der Waals surface area contributed by atoms with E-state index < -0.39 is 0 Å². The number of pyridine rings is 3. The second kappa shape index (κ2) is 9.37. The smallest absolute Gasteiger partial charge is 0.224 e. The number of nitrogens with one attached hydrogen (secondary N) is 3. The van der Waals surface area contributed by atoms with Gasteiger partial charge in [0.05, 0.1) is 22.8 Å². The van der Waals surface area contributed by atoms with Crippen LogP contribution < -0.4 is 10.2 Å². The van der Waals surface area contributed by atoms with Gasteiger partial charge < -0.3 is 15.2 Å². The van der Waals surface area contributed by atoms with E-state index in [0.29, 0.717) is 23.6 Å². The quantitative estimate of drug-likeness (QED) is 0.321. The first-order chi connectivity index (χ1) is 17.7. The minimum atomic E-state index is -0.0227. The van der Waals surface area contributed by atoms with Crippen molar-refractivity contribution in [1.82, 2.24) is 35.1 Å². The largest absolute Gasteiger partial charge is 0.355 e. The molecule has 5 aromatic heterocycles. The van der Waals surface area contributed by atoms with Crippen LogP contribution in [0.25, 0.3) is 44.7 Å². The molecule has 0 radical (unpaired) electrons. The molecule has 1 aliphatic heterocycles. The highest BCUT2D eigenvalue weighted by Gasteiger charge is 2.20. The zero-order valence-corrected chi connectivity index (χ0v) is 20.1. The molecular weight excluding hydrogens is 454 g/mol. The molecule has 0 unspecified atom stereocenters. The highest BCUT2D eigenvalue weighted by Crippen LogP contribution is 2.32. The van der Waals surface area contributed by atoms with E-state index in [2.05, 4.69) is 40.3 Å². The van der Waals surface area contributed by atoms with E-state index in [0.717, 1.165) is 58.6 Å². The van der Waals surface area contributed by atoms with Gasteiger partial charge in [-0.05, 0) is 43.9 Å². The molecule has 0 bridgehead atoms. The number of fused-ring (bicyclic) bond motifs is 2. The zero-order valence-electron chi connectivity index (χ0n) is 20.1. The van der Waals surface area contributed by atoms with Crippen molar-refractivity contribution >= 4 is 39.5 Å². The highest BCUT2D eigenvalue weighted by molar-refractivity contribution is 5.96. The van der Waals surface area contributed by atoms with Crippen LogP contribution in [0.5, 0.6) is 0 Å². The predicted octanol–water partition coefficient (Wildman–Crippen LogP) is 4.69. The van der Waals surface area contributed by atoms with Crippen molar-refractivity contribution in [3.63, 3.8) is 0 Å². The van der Waals surface area contributed by atoms with Crippen LogP contribution in [-0.2, 0) is 4.79 Å². The van der Waals surface area contributed by atoms with Gasteiger partial charge in [-0.2, -0.15) is 5.10 Å². The molecule has 0 atom stereocenters. The lowest BCUT2D eigenvalue weighted by atomic mass is 10.1. The minimum Gasteiger partial charge on any atom is -0.355 e. The topological polar surface area (TPSA) is 128 Å². The zero-order chi connectivity index (χ0) is 24.5. The lowest BCUT2D eigenvalue weighted by molar-refractivity contribution is -0.116. The molecule has 6 rings (SSSR count). The van der Waals surface area contributed by atoms with E-state index >= 15 is 0 Å². The van der Waals surface area contributed by atoms with Crippen LogP contribution in [0.1, 0.15) is 39.0 Å². The molecule has 10 heteroatoms. The van der Waals surface area contributed by atoms with E-state index in [9.17, 15) is 4.79 Å². The standard InChI is InChI=1S/C26H27N9O/c1-2-6-21(36)30-18-11-16(13-27-15-18)17-12-19-22(33-34-24(19)29-14-17)25-31-20-7-8-28-26(23(20)32-25)35-9-4-3-5-10-35/h7-8,11-15H,2-6,9-10H2,1H3,(H,30,36)(H,31,32)(H,29,33,34). The summed E-state index contributed by atoms with van der Waals surface area (Å²) in [6.07, 6.45) is 11.9. The fourth-order valence-corrected chi connectivity index (χ4v) is 4.73. The molecule has 10 nitrogen and oxygen atoms in total. The molecule has 1 fully saturated rings. The van der Waals surface area contributed by atoms with Gasteiger partial charge in [0, 0.05) is 49.2 Å². The van der Waals surface area contributed by atoms with Gasteiger partial charge in [-0.1, -0.05) is 6.92 Å². The third kappa shape index (κ3) is 4.15. The SMILES string of the molecule is CCCC(=O)Nc1cncc(-c2cnc3n[nH]c(-c4nc5c(N6CCCCC6)nccc5[nH]4)c3c2)c1. The number of carbonyl (C=O) groups is 1. The van der Waals surface area contributed by atoms with Crippen LogP contribution >= 0.6 is 0 Å². The lowest BCUT2D eigenvalue weighted by Gasteiger charge is -2.27. The number of amides is 1. The Morgan fingerprint density at radius 2 is 1.94 bits per heavy atom. The number of hydrogen-bond donors (Lipinski definition) is 3. The van der Waals surface area contributed by atoms with Gasteiger partial charge in [-0.25, -0.2) is 15.0 Å². The number of anilines is 2. The summed E-state index contributed by atoms with van der Waals surface area (Å²) in [5.41, 5.74) is 5.55. The van der Waals surface area contributed by atoms with Gasteiger partial charge >= 0.3 is 0 Å². The number of aromatic nitrogens is 7. The van der Waals surface area contributed by atoms with Crippen molar-refractivity contribution < 1.29 is 4.79 Å². The average Bonchev–Trinajstić information content (AvgIpc) is 3.53.